The molecule has 35 heavy (non-hydrogen) atoms. The average Bonchev–Trinajstić information content (AvgIpc) is 2.61. The molecule has 2 aromatic rings. The van der Waals surface area contributed by atoms with E-state index >= 15 is 0 Å². The first kappa shape index (κ1) is 32.2. The van der Waals surface area contributed by atoms with E-state index in [9.17, 15) is 14.4 Å². The van der Waals surface area contributed by atoms with E-state index < -0.39 is 13.9 Å². The summed E-state index contributed by atoms with van der Waals surface area (Å²) in [6.45, 7) is 25.8. The Bertz CT molecular complexity index is 998. The van der Waals surface area contributed by atoms with Crippen molar-refractivity contribution in [2.24, 2.45) is 0 Å². The van der Waals surface area contributed by atoms with Crippen LogP contribution in [-0.2, 0) is 30.7 Å². The second-order valence-electron chi connectivity index (χ2n) is 13.6. The Morgan fingerprint density at radius 1 is 0.629 bits per heavy atom. The summed E-state index contributed by atoms with van der Waals surface area (Å²) in [6.07, 6.45) is -0.896. The molecule has 0 spiro atoms. The Morgan fingerprint density at radius 2 is 0.943 bits per heavy atom. The maximum atomic E-state index is 12.2. The van der Waals surface area contributed by atoms with E-state index in [1.165, 1.54) is 11.1 Å². The third-order valence-electron chi connectivity index (χ3n) is 6.26. The standard InChI is InChI=1S/C29H45O4P.Li.H/c1-26(2,3)19-13-15-21(23(17-19)28(7,8)9)25(33-34(30,31)32)22-16-14-20(27(4,5)6)18-24(22)29(10,11)12;;/h13-18,25H,1-12H3,(H2,30,31,32);;. The van der Waals surface area contributed by atoms with Crippen molar-refractivity contribution < 1.29 is 18.9 Å². The van der Waals surface area contributed by atoms with Crippen LogP contribution in [0.4, 0.5) is 0 Å². The molecule has 0 bridgehead atoms. The second-order valence-corrected chi connectivity index (χ2v) is 14.8. The molecule has 0 atom stereocenters. The van der Waals surface area contributed by atoms with Gasteiger partial charge in [0.15, 0.2) is 0 Å². The van der Waals surface area contributed by atoms with Gasteiger partial charge >= 0.3 is 26.7 Å². The summed E-state index contributed by atoms with van der Waals surface area (Å²) in [5.74, 6) is 0. The van der Waals surface area contributed by atoms with E-state index in [0.29, 0.717) is 0 Å². The van der Waals surface area contributed by atoms with Gasteiger partial charge in [-0.2, -0.15) is 0 Å². The molecule has 192 valence electrons. The van der Waals surface area contributed by atoms with Gasteiger partial charge in [-0.05, 0) is 55.0 Å². The van der Waals surface area contributed by atoms with Crippen LogP contribution < -0.4 is 0 Å². The Morgan fingerprint density at radius 3 is 1.17 bits per heavy atom. The Kier molecular flexibility index (Phi) is 9.64. The molecule has 0 aliphatic carbocycles. The molecule has 0 heterocycles. The van der Waals surface area contributed by atoms with Gasteiger partial charge in [-0.15, -0.1) is 0 Å². The number of benzene rings is 2. The fraction of sp³-hybridized carbons (Fsp3) is 0.586. The zero-order valence-corrected chi connectivity index (χ0v) is 24.1. The van der Waals surface area contributed by atoms with Crippen LogP contribution in [0.3, 0.4) is 0 Å². The van der Waals surface area contributed by atoms with Crippen molar-refractivity contribution in [2.75, 3.05) is 0 Å². The summed E-state index contributed by atoms with van der Waals surface area (Å²) in [4.78, 5) is 19.9. The summed E-state index contributed by atoms with van der Waals surface area (Å²) in [6, 6.07) is 12.4. The quantitative estimate of drug-likeness (QED) is 0.341. The molecular weight excluding hydrogens is 450 g/mol. The first-order valence-corrected chi connectivity index (χ1v) is 13.6. The first-order valence-electron chi connectivity index (χ1n) is 12.1. The third kappa shape index (κ3) is 8.33. The van der Waals surface area contributed by atoms with Crippen molar-refractivity contribution in [3.63, 3.8) is 0 Å². The van der Waals surface area contributed by atoms with Gasteiger partial charge in [0.1, 0.15) is 6.10 Å². The van der Waals surface area contributed by atoms with E-state index in [1.54, 1.807) is 0 Å². The molecule has 2 rings (SSSR count). The van der Waals surface area contributed by atoms with Crippen molar-refractivity contribution in [3.05, 3.63) is 69.8 Å². The topological polar surface area (TPSA) is 66.8 Å². The number of rotatable bonds is 4. The molecule has 0 aromatic heterocycles. The zero-order valence-electron chi connectivity index (χ0n) is 23.2. The van der Waals surface area contributed by atoms with Crippen LogP contribution in [0, 0.1) is 0 Å². The number of hydrogen-bond donors (Lipinski definition) is 2. The van der Waals surface area contributed by atoms with E-state index in [-0.39, 0.29) is 40.5 Å². The van der Waals surface area contributed by atoms with Gasteiger partial charge in [0.25, 0.3) is 0 Å². The summed E-state index contributed by atoms with van der Waals surface area (Å²) < 4.78 is 17.8. The Balaban J connectivity index is 0.00000612. The van der Waals surface area contributed by atoms with E-state index in [2.05, 4.69) is 107 Å². The molecule has 6 heteroatoms. The molecule has 0 fully saturated rings. The van der Waals surface area contributed by atoms with Crippen LogP contribution in [0.15, 0.2) is 36.4 Å². The third-order valence-corrected chi connectivity index (χ3v) is 6.75. The van der Waals surface area contributed by atoms with Crippen LogP contribution in [0.25, 0.3) is 0 Å². The molecule has 0 aliphatic heterocycles. The van der Waals surface area contributed by atoms with Gasteiger partial charge < -0.3 is 9.79 Å². The van der Waals surface area contributed by atoms with Gasteiger partial charge in [-0.25, -0.2) is 4.57 Å². The summed E-state index contributed by atoms with van der Waals surface area (Å²) in [5.41, 5.74) is 5.38. The van der Waals surface area contributed by atoms with Crippen LogP contribution in [0.5, 0.6) is 0 Å². The molecule has 0 saturated heterocycles. The van der Waals surface area contributed by atoms with Crippen LogP contribution >= 0.6 is 7.82 Å². The maximum absolute atomic E-state index is 12.2. The number of hydrogen-bond acceptors (Lipinski definition) is 2. The summed E-state index contributed by atoms with van der Waals surface area (Å²) in [5, 5.41) is 0. The van der Waals surface area contributed by atoms with Crippen molar-refractivity contribution in [3.8, 4) is 0 Å². The zero-order chi connectivity index (χ0) is 26.5. The predicted octanol–water partition coefficient (Wildman–Crippen LogP) is 7.43. The van der Waals surface area contributed by atoms with Gasteiger partial charge in [0.05, 0.1) is 0 Å². The fourth-order valence-electron chi connectivity index (χ4n) is 4.22. The van der Waals surface area contributed by atoms with Crippen molar-refractivity contribution in [1.29, 1.82) is 0 Å². The molecule has 0 aliphatic rings. The SMILES string of the molecule is CC(C)(C)c1ccc(C(OP(=O)(O)O)c2ccc(C(C)(C)C)cc2C(C)(C)C)c(C(C)(C)C)c1.[LiH]. The van der Waals surface area contributed by atoms with Crippen molar-refractivity contribution >= 4 is 26.7 Å². The average molecular weight is 497 g/mol. The minimum absolute atomic E-state index is 0. The monoisotopic (exact) mass is 496 g/mol. The molecular formula is C29H46LiO4P. The first-order chi connectivity index (χ1) is 15.0. The van der Waals surface area contributed by atoms with Crippen molar-refractivity contribution in [2.45, 2.75) is 111 Å². The van der Waals surface area contributed by atoms with Gasteiger partial charge in [0, 0.05) is 0 Å². The van der Waals surface area contributed by atoms with Gasteiger partial charge in [0.2, 0.25) is 0 Å². The van der Waals surface area contributed by atoms with Gasteiger partial charge in [-0.1, -0.05) is 119 Å². The molecule has 4 nitrogen and oxygen atoms in total. The molecule has 0 saturated carbocycles. The Hall–Kier alpha value is -0.853. The van der Waals surface area contributed by atoms with Crippen LogP contribution in [-0.4, -0.2) is 28.6 Å². The second kappa shape index (κ2) is 10.5. The summed E-state index contributed by atoms with van der Waals surface area (Å²) >= 11 is 0. The van der Waals surface area contributed by atoms with Crippen LogP contribution in [0.2, 0.25) is 0 Å². The van der Waals surface area contributed by atoms with E-state index in [0.717, 1.165) is 22.3 Å². The van der Waals surface area contributed by atoms with E-state index in [1.807, 2.05) is 12.1 Å². The molecule has 2 N–H and O–H groups in total. The molecule has 0 amide bonds. The number of phosphoric ester groups is 1. The minimum atomic E-state index is -4.79. The molecule has 2 aromatic carbocycles. The fourth-order valence-corrected chi connectivity index (χ4v) is 4.72. The molecule has 0 unspecified atom stereocenters. The normalized spacial score (nSPS) is 13.7. The van der Waals surface area contributed by atoms with E-state index in [4.69, 9.17) is 4.52 Å². The number of phosphoric acid groups is 1. The summed E-state index contributed by atoms with van der Waals surface area (Å²) in [7, 11) is -4.79. The van der Waals surface area contributed by atoms with Gasteiger partial charge in [-0.3, -0.25) is 4.52 Å². The Labute approximate surface area is 225 Å². The van der Waals surface area contributed by atoms with Crippen molar-refractivity contribution in [1.82, 2.24) is 0 Å². The predicted molar refractivity (Wildman–Crippen MR) is 150 cm³/mol. The molecule has 0 radical (unpaired) electrons. The van der Waals surface area contributed by atoms with Crippen LogP contribution in [0.1, 0.15) is 123 Å².